The molecule has 0 aliphatic carbocycles. The maximum atomic E-state index is 9.31. The van der Waals surface area contributed by atoms with Crippen LogP contribution in [0.4, 0.5) is 0 Å². The molecule has 0 amide bonds. The van der Waals surface area contributed by atoms with E-state index in [1.165, 1.54) is 0 Å². The molecule has 0 spiro atoms. The number of nitrogens with two attached hydrogens (primary N) is 1. The zero-order chi connectivity index (χ0) is 13.8. The number of rotatable bonds is 2. The highest BCUT2D eigenvalue weighted by atomic mass is 79.9. The average Bonchev–Trinajstić information content (AvgIpc) is 2.44. The van der Waals surface area contributed by atoms with Gasteiger partial charge in [-0.3, -0.25) is 4.98 Å². The average molecular weight is 314 g/mol. The molecule has 0 atom stereocenters. The summed E-state index contributed by atoms with van der Waals surface area (Å²) in [6.45, 7) is 1.98. The standard InChI is InChI=1S/C15H12BrN3/c1-10-7-11(4-5-14(10)16)15(18)13(8-17)12-3-2-6-19-9-12/h2-7,9H,18H2,1H3/b15-13+. The SMILES string of the molecule is Cc1cc(/C(N)=C(/C#N)c2cccnc2)ccc1Br. The van der Waals surface area contributed by atoms with Crippen LogP contribution in [0.5, 0.6) is 0 Å². The first kappa shape index (κ1) is 13.3. The quantitative estimate of drug-likeness (QED) is 0.863. The molecule has 0 aliphatic rings. The van der Waals surface area contributed by atoms with Gasteiger partial charge in [0.1, 0.15) is 6.07 Å². The minimum Gasteiger partial charge on any atom is -0.397 e. The third-order valence-corrected chi connectivity index (χ3v) is 3.69. The predicted octanol–water partition coefficient (Wildman–Crippen LogP) is 3.50. The minimum absolute atomic E-state index is 0.440. The van der Waals surface area contributed by atoms with Gasteiger partial charge in [-0.25, -0.2) is 0 Å². The van der Waals surface area contributed by atoms with E-state index in [-0.39, 0.29) is 0 Å². The summed E-state index contributed by atoms with van der Waals surface area (Å²) in [5.41, 5.74) is 9.65. The topological polar surface area (TPSA) is 62.7 Å². The number of aryl methyl sites for hydroxylation is 1. The van der Waals surface area contributed by atoms with Crippen molar-refractivity contribution in [2.24, 2.45) is 5.73 Å². The highest BCUT2D eigenvalue weighted by Crippen LogP contribution is 2.25. The monoisotopic (exact) mass is 313 g/mol. The third kappa shape index (κ3) is 2.83. The molecule has 0 saturated carbocycles. The molecular weight excluding hydrogens is 302 g/mol. The number of pyridine rings is 1. The van der Waals surface area contributed by atoms with Crippen LogP contribution < -0.4 is 5.73 Å². The third-order valence-electron chi connectivity index (χ3n) is 2.80. The second kappa shape index (κ2) is 5.68. The molecule has 4 heteroatoms. The lowest BCUT2D eigenvalue weighted by molar-refractivity contribution is 1.31. The van der Waals surface area contributed by atoms with Gasteiger partial charge in [0.05, 0.1) is 11.3 Å². The van der Waals surface area contributed by atoms with E-state index >= 15 is 0 Å². The molecule has 19 heavy (non-hydrogen) atoms. The molecule has 3 nitrogen and oxygen atoms in total. The summed E-state index contributed by atoms with van der Waals surface area (Å²) in [7, 11) is 0. The van der Waals surface area contributed by atoms with Gasteiger partial charge in [0, 0.05) is 22.4 Å². The molecule has 1 heterocycles. The Labute approximate surface area is 120 Å². The van der Waals surface area contributed by atoms with Crippen LogP contribution in [0.1, 0.15) is 16.7 Å². The van der Waals surface area contributed by atoms with Crippen molar-refractivity contribution in [2.45, 2.75) is 6.92 Å². The van der Waals surface area contributed by atoms with Crippen LogP contribution in [0.25, 0.3) is 11.3 Å². The Hall–Kier alpha value is -2.12. The van der Waals surface area contributed by atoms with Gasteiger partial charge < -0.3 is 5.73 Å². The summed E-state index contributed by atoms with van der Waals surface area (Å²) in [4.78, 5) is 4.01. The molecule has 2 rings (SSSR count). The molecule has 2 N–H and O–H groups in total. The van der Waals surface area contributed by atoms with Crippen molar-refractivity contribution in [1.82, 2.24) is 4.98 Å². The van der Waals surface area contributed by atoms with Crippen LogP contribution in [0.2, 0.25) is 0 Å². The summed E-state index contributed by atoms with van der Waals surface area (Å²) < 4.78 is 1.02. The number of nitrogens with zero attached hydrogens (tertiary/aromatic N) is 2. The van der Waals surface area contributed by atoms with Gasteiger partial charge in [-0.05, 0) is 36.2 Å². The predicted molar refractivity (Wildman–Crippen MR) is 79.7 cm³/mol. The summed E-state index contributed by atoms with van der Waals surface area (Å²) in [5.74, 6) is 0. The molecule has 0 saturated heterocycles. The van der Waals surface area contributed by atoms with Crippen molar-refractivity contribution in [3.8, 4) is 6.07 Å². The van der Waals surface area contributed by atoms with Crippen LogP contribution in [0.3, 0.4) is 0 Å². The zero-order valence-electron chi connectivity index (χ0n) is 10.4. The Kier molecular flexibility index (Phi) is 3.98. The number of hydrogen-bond donors (Lipinski definition) is 1. The van der Waals surface area contributed by atoms with E-state index in [0.29, 0.717) is 11.3 Å². The Morgan fingerprint density at radius 1 is 1.32 bits per heavy atom. The van der Waals surface area contributed by atoms with Crippen LogP contribution in [0.15, 0.2) is 47.2 Å². The summed E-state index contributed by atoms with van der Waals surface area (Å²) in [6, 6.07) is 11.5. The van der Waals surface area contributed by atoms with Gasteiger partial charge in [0.25, 0.3) is 0 Å². The number of nitriles is 1. The second-order valence-electron chi connectivity index (χ2n) is 4.11. The van der Waals surface area contributed by atoms with E-state index in [9.17, 15) is 5.26 Å². The van der Waals surface area contributed by atoms with E-state index in [1.54, 1.807) is 18.5 Å². The van der Waals surface area contributed by atoms with Gasteiger partial charge in [-0.1, -0.05) is 28.1 Å². The fourth-order valence-electron chi connectivity index (χ4n) is 1.75. The normalized spacial score (nSPS) is 11.6. The largest absolute Gasteiger partial charge is 0.397 e. The van der Waals surface area contributed by atoms with Gasteiger partial charge in [-0.2, -0.15) is 5.26 Å². The number of benzene rings is 1. The fourth-order valence-corrected chi connectivity index (χ4v) is 1.99. The van der Waals surface area contributed by atoms with E-state index in [0.717, 1.165) is 21.2 Å². The maximum Gasteiger partial charge on any atom is 0.102 e. The lowest BCUT2D eigenvalue weighted by Gasteiger charge is -2.08. The van der Waals surface area contributed by atoms with Gasteiger partial charge in [-0.15, -0.1) is 0 Å². The first-order chi connectivity index (χ1) is 9.13. The Balaban J connectivity index is 2.56. The zero-order valence-corrected chi connectivity index (χ0v) is 12.0. The van der Waals surface area contributed by atoms with Gasteiger partial charge in [0.15, 0.2) is 0 Å². The molecule has 0 aliphatic heterocycles. The molecule has 2 aromatic rings. The molecule has 1 aromatic heterocycles. The van der Waals surface area contributed by atoms with Crippen LogP contribution in [-0.4, -0.2) is 4.98 Å². The first-order valence-corrected chi connectivity index (χ1v) is 6.49. The Bertz CT molecular complexity index is 670. The van der Waals surface area contributed by atoms with Crippen molar-refractivity contribution in [3.05, 3.63) is 63.9 Å². The molecule has 94 valence electrons. The smallest absolute Gasteiger partial charge is 0.102 e. The van der Waals surface area contributed by atoms with Crippen LogP contribution in [-0.2, 0) is 0 Å². The Morgan fingerprint density at radius 3 is 2.68 bits per heavy atom. The number of aromatic nitrogens is 1. The van der Waals surface area contributed by atoms with Crippen LogP contribution >= 0.6 is 15.9 Å². The second-order valence-corrected chi connectivity index (χ2v) is 4.96. The number of halogens is 1. The van der Waals surface area contributed by atoms with Crippen molar-refractivity contribution in [2.75, 3.05) is 0 Å². The van der Waals surface area contributed by atoms with Gasteiger partial charge in [0.2, 0.25) is 0 Å². The summed E-state index contributed by atoms with van der Waals surface area (Å²) >= 11 is 3.45. The van der Waals surface area contributed by atoms with E-state index < -0.39 is 0 Å². The van der Waals surface area contributed by atoms with Crippen molar-refractivity contribution in [1.29, 1.82) is 5.26 Å². The highest BCUT2D eigenvalue weighted by molar-refractivity contribution is 9.10. The van der Waals surface area contributed by atoms with Crippen molar-refractivity contribution < 1.29 is 0 Å². The number of hydrogen-bond acceptors (Lipinski definition) is 3. The van der Waals surface area contributed by atoms with E-state index in [2.05, 4.69) is 27.0 Å². The lowest BCUT2D eigenvalue weighted by atomic mass is 10.0. The van der Waals surface area contributed by atoms with Crippen molar-refractivity contribution >= 4 is 27.2 Å². The highest BCUT2D eigenvalue weighted by Gasteiger charge is 2.09. The fraction of sp³-hybridized carbons (Fsp3) is 0.0667. The van der Waals surface area contributed by atoms with Gasteiger partial charge >= 0.3 is 0 Å². The van der Waals surface area contributed by atoms with Crippen molar-refractivity contribution in [3.63, 3.8) is 0 Å². The Morgan fingerprint density at radius 2 is 2.11 bits per heavy atom. The molecule has 0 bridgehead atoms. The molecule has 1 aromatic carbocycles. The number of allylic oxidation sites excluding steroid dienone is 1. The molecule has 0 unspecified atom stereocenters. The molecule has 0 fully saturated rings. The van der Waals surface area contributed by atoms with E-state index in [1.807, 2.05) is 31.2 Å². The lowest BCUT2D eigenvalue weighted by Crippen LogP contribution is -2.01. The maximum absolute atomic E-state index is 9.31. The minimum atomic E-state index is 0.440. The summed E-state index contributed by atoms with van der Waals surface area (Å²) in [5, 5.41) is 9.31. The first-order valence-electron chi connectivity index (χ1n) is 5.70. The van der Waals surface area contributed by atoms with E-state index in [4.69, 9.17) is 5.73 Å². The molecule has 0 radical (unpaired) electrons. The van der Waals surface area contributed by atoms with Crippen LogP contribution in [0, 0.1) is 18.3 Å². The molecular formula is C15H12BrN3. The summed E-state index contributed by atoms with van der Waals surface area (Å²) in [6.07, 6.45) is 3.30.